The van der Waals surface area contributed by atoms with E-state index < -0.39 is 0 Å². The van der Waals surface area contributed by atoms with Crippen molar-refractivity contribution in [3.05, 3.63) is 78.8 Å². The quantitative estimate of drug-likeness (QED) is 0.650. The fraction of sp³-hybridized carbons (Fsp3) is 0.100. The minimum atomic E-state index is 0.148. The molecule has 1 aromatic heterocycles. The van der Waals surface area contributed by atoms with Gasteiger partial charge in [0, 0.05) is 6.54 Å². The second-order valence-corrected chi connectivity index (χ2v) is 5.25. The van der Waals surface area contributed by atoms with Gasteiger partial charge in [-0.05, 0) is 23.3 Å². The van der Waals surface area contributed by atoms with Gasteiger partial charge in [-0.1, -0.05) is 48.5 Å². The molecular formula is C20H17N3O2. The molecule has 25 heavy (non-hydrogen) atoms. The first-order valence-corrected chi connectivity index (χ1v) is 7.83. The van der Waals surface area contributed by atoms with E-state index in [4.69, 9.17) is 14.4 Å². The van der Waals surface area contributed by atoms with Crippen LogP contribution in [0.2, 0.25) is 0 Å². The average molecular weight is 331 g/mol. The number of oxazole rings is 1. The highest BCUT2D eigenvalue weighted by atomic mass is 16.5. The van der Waals surface area contributed by atoms with Crippen LogP contribution in [0.4, 0.5) is 5.88 Å². The van der Waals surface area contributed by atoms with E-state index >= 15 is 0 Å². The summed E-state index contributed by atoms with van der Waals surface area (Å²) in [6.07, 6.45) is 1.67. The first kappa shape index (κ1) is 16.3. The number of ether oxygens (including phenoxy) is 1. The number of rotatable bonds is 7. The molecule has 0 aliphatic carbocycles. The van der Waals surface area contributed by atoms with Gasteiger partial charge in [-0.15, -0.1) is 6.58 Å². The zero-order valence-corrected chi connectivity index (χ0v) is 13.6. The van der Waals surface area contributed by atoms with E-state index in [-0.39, 0.29) is 12.3 Å². The van der Waals surface area contributed by atoms with E-state index in [1.807, 2.05) is 48.5 Å². The van der Waals surface area contributed by atoms with E-state index in [0.717, 1.165) is 11.1 Å². The van der Waals surface area contributed by atoms with Gasteiger partial charge in [-0.2, -0.15) is 10.2 Å². The van der Waals surface area contributed by atoms with Crippen LogP contribution in [0, 0.1) is 11.3 Å². The van der Waals surface area contributed by atoms with Crippen molar-refractivity contribution in [3.63, 3.8) is 0 Å². The van der Waals surface area contributed by atoms with Crippen LogP contribution in [0.15, 0.2) is 71.7 Å². The number of nitrogens with zero attached hydrogens (tertiary/aromatic N) is 2. The Labute approximate surface area is 146 Å². The molecule has 0 fully saturated rings. The van der Waals surface area contributed by atoms with Crippen LogP contribution in [0.1, 0.15) is 11.6 Å². The Kier molecular flexibility index (Phi) is 5.13. The molecule has 0 bridgehead atoms. The van der Waals surface area contributed by atoms with E-state index in [0.29, 0.717) is 24.1 Å². The predicted octanol–water partition coefficient (Wildman–Crippen LogP) is 4.39. The summed E-state index contributed by atoms with van der Waals surface area (Å²) in [7, 11) is 0. The number of hydrogen-bond donors (Lipinski definition) is 1. The van der Waals surface area contributed by atoms with Crippen LogP contribution >= 0.6 is 0 Å². The van der Waals surface area contributed by atoms with Gasteiger partial charge < -0.3 is 14.5 Å². The van der Waals surface area contributed by atoms with Crippen molar-refractivity contribution in [2.45, 2.75) is 6.61 Å². The SMILES string of the molecule is C=CCNc1oc(COc2ccc(-c3ccccc3)cc2)nc1C#N. The highest BCUT2D eigenvalue weighted by Crippen LogP contribution is 2.23. The van der Waals surface area contributed by atoms with Crippen LogP contribution in [-0.4, -0.2) is 11.5 Å². The number of nitrogens with one attached hydrogen (secondary N) is 1. The molecule has 0 aliphatic rings. The summed E-state index contributed by atoms with van der Waals surface area (Å²) in [5.41, 5.74) is 2.48. The molecule has 0 atom stereocenters. The number of aromatic nitrogens is 1. The number of anilines is 1. The average Bonchev–Trinajstić information content (AvgIpc) is 3.08. The second-order valence-electron chi connectivity index (χ2n) is 5.25. The predicted molar refractivity (Wildman–Crippen MR) is 96.1 cm³/mol. The molecule has 3 aromatic rings. The summed E-state index contributed by atoms with van der Waals surface area (Å²) in [4.78, 5) is 4.11. The molecule has 0 aliphatic heterocycles. The van der Waals surface area contributed by atoms with Gasteiger partial charge in [-0.25, -0.2) is 0 Å². The molecule has 0 radical (unpaired) electrons. The molecule has 124 valence electrons. The van der Waals surface area contributed by atoms with Gasteiger partial charge in [0.25, 0.3) is 0 Å². The molecule has 5 nitrogen and oxygen atoms in total. The van der Waals surface area contributed by atoms with Crippen molar-refractivity contribution in [2.75, 3.05) is 11.9 Å². The Morgan fingerprint density at radius 2 is 1.84 bits per heavy atom. The lowest BCUT2D eigenvalue weighted by atomic mass is 10.1. The lowest BCUT2D eigenvalue weighted by Gasteiger charge is -2.05. The monoisotopic (exact) mass is 331 g/mol. The molecule has 0 amide bonds. The first-order chi connectivity index (χ1) is 12.3. The molecule has 0 spiro atoms. The molecule has 2 aromatic carbocycles. The van der Waals surface area contributed by atoms with Gasteiger partial charge in [0.15, 0.2) is 6.61 Å². The Morgan fingerprint density at radius 3 is 2.52 bits per heavy atom. The third kappa shape index (κ3) is 4.06. The van der Waals surface area contributed by atoms with Crippen LogP contribution in [0.3, 0.4) is 0 Å². The summed E-state index contributed by atoms with van der Waals surface area (Å²) in [5.74, 6) is 1.38. The van der Waals surface area contributed by atoms with Gasteiger partial charge >= 0.3 is 0 Å². The fourth-order valence-electron chi connectivity index (χ4n) is 2.31. The maximum absolute atomic E-state index is 9.08. The summed E-state index contributed by atoms with van der Waals surface area (Å²) in [5, 5.41) is 12.0. The smallest absolute Gasteiger partial charge is 0.236 e. The van der Waals surface area contributed by atoms with E-state index in [1.54, 1.807) is 6.08 Å². The largest absolute Gasteiger partial charge is 0.484 e. The van der Waals surface area contributed by atoms with Gasteiger partial charge in [-0.3, -0.25) is 0 Å². The summed E-state index contributed by atoms with van der Waals surface area (Å²) in [6.45, 7) is 4.25. The number of benzene rings is 2. The third-order valence-electron chi connectivity index (χ3n) is 3.51. The Bertz CT molecular complexity index is 878. The minimum Gasteiger partial charge on any atom is -0.484 e. The van der Waals surface area contributed by atoms with Crippen LogP contribution in [0.25, 0.3) is 11.1 Å². The molecule has 1 N–H and O–H groups in total. The highest BCUT2D eigenvalue weighted by Gasteiger charge is 2.12. The zero-order chi connectivity index (χ0) is 17.5. The van der Waals surface area contributed by atoms with Crippen molar-refractivity contribution in [2.24, 2.45) is 0 Å². The highest BCUT2D eigenvalue weighted by molar-refractivity contribution is 5.63. The van der Waals surface area contributed by atoms with E-state index in [9.17, 15) is 0 Å². The van der Waals surface area contributed by atoms with Crippen molar-refractivity contribution in [1.29, 1.82) is 5.26 Å². The molecule has 5 heteroatoms. The van der Waals surface area contributed by atoms with Crippen LogP contribution in [-0.2, 0) is 6.61 Å². The van der Waals surface area contributed by atoms with Crippen molar-refractivity contribution in [1.82, 2.24) is 4.98 Å². The molecule has 0 unspecified atom stereocenters. The molecule has 0 saturated carbocycles. The fourth-order valence-corrected chi connectivity index (χ4v) is 2.31. The van der Waals surface area contributed by atoms with E-state index in [2.05, 4.69) is 29.0 Å². The van der Waals surface area contributed by atoms with Crippen molar-refractivity contribution >= 4 is 5.88 Å². The van der Waals surface area contributed by atoms with Gasteiger partial charge in [0.05, 0.1) is 0 Å². The van der Waals surface area contributed by atoms with Crippen molar-refractivity contribution < 1.29 is 9.15 Å². The maximum atomic E-state index is 9.08. The van der Waals surface area contributed by atoms with Crippen LogP contribution < -0.4 is 10.1 Å². The normalized spacial score (nSPS) is 10.0. The Morgan fingerprint density at radius 1 is 1.12 bits per heavy atom. The first-order valence-electron chi connectivity index (χ1n) is 7.83. The van der Waals surface area contributed by atoms with Crippen molar-refractivity contribution in [3.8, 4) is 22.9 Å². The molecule has 3 rings (SSSR count). The summed E-state index contributed by atoms with van der Waals surface area (Å²) < 4.78 is 11.2. The molecule has 0 saturated heterocycles. The Hall–Kier alpha value is -3.52. The van der Waals surface area contributed by atoms with E-state index in [1.165, 1.54) is 0 Å². The summed E-state index contributed by atoms with van der Waals surface area (Å²) in [6, 6.07) is 19.9. The maximum Gasteiger partial charge on any atom is 0.236 e. The lowest BCUT2D eigenvalue weighted by molar-refractivity contribution is 0.265. The summed E-state index contributed by atoms with van der Waals surface area (Å²) >= 11 is 0. The topological polar surface area (TPSA) is 71.1 Å². The second kappa shape index (κ2) is 7.84. The number of hydrogen-bond acceptors (Lipinski definition) is 5. The zero-order valence-electron chi connectivity index (χ0n) is 13.6. The molecule has 1 heterocycles. The number of nitriles is 1. The lowest BCUT2D eigenvalue weighted by Crippen LogP contribution is -1.97. The van der Waals surface area contributed by atoms with Gasteiger partial charge in [0.2, 0.25) is 17.5 Å². The minimum absolute atomic E-state index is 0.148. The third-order valence-corrected chi connectivity index (χ3v) is 3.51. The standard InChI is InChI=1S/C20H17N3O2/c1-2-12-22-20-18(13-21)23-19(25-20)14-24-17-10-8-16(9-11-17)15-6-4-3-5-7-15/h2-11,22H,1,12,14H2. The van der Waals surface area contributed by atoms with Gasteiger partial charge in [0.1, 0.15) is 11.8 Å². The molecular weight excluding hydrogens is 314 g/mol. The van der Waals surface area contributed by atoms with Crippen LogP contribution in [0.5, 0.6) is 5.75 Å². The Balaban J connectivity index is 1.65.